The van der Waals surface area contributed by atoms with Gasteiger partial charge in [0.25, 0.3) is 0 Å². The van der Waals surface area contributed by atoms with Crippen molar-refractivity contribution >= 4 is 40.8 Å². The Morgan fingerprint density at radius 1 is 1.28 bits per heavy atom. The van der Waals surface area contributed by atoms with Gasteiger partial charge in [0.2, 0.25) is 0 Å². The van der Waals surface area contributed by atoms with E-state index in [1.54, 1.807) is 0 Å². The minimum absolute atomic E-state index is 0.000749. The summed E-state index contributed by atoms with van der Waals surface area (Å²) in [5.41, 5.74) is -0.358. The fourth-order valence-corrected chi connectivity index (χ4v) is 1.81. The minimum Gasteiger partial charge on any atom is -0.505 e. The van der Waals surface area contributed by atoms with Crippen LogP contribution in [-0.2, 0) is 4.74 Å². The number of aromatic hydroxyl groups is 1. The van der Waals surface area contributed by atoms with Crippen molar-refractivity contribution in [3.8, 4) is 5.75 Å². The van der Waals surface area contributed by atoms with Crippen LogP contribution in [0.4, 0.5) is 0 Å². The van der Waals surface area contributed by atoms with Crippen LogP contribution >= 0.6 is 34.8 Å². The number of halogens is 3. The van der Waals surface area contributed by atoms with Gasteiger partial charge in [0, 0.05) is 0 Å². The Morgan fingerprint density at radius 3 is 2.33 bits per heavy atom. The molecule has 1 aromatic rings. The second-order valence-electron chi connectivity index (χ2n) is 5.01. The van der Waals surface area contributed by atoms with Gasteiger partial charge in [-0.05, 0) is 11.5 Å². The van der Waals surface area contributed by atoms with Crippen molar-refractivity contribution in [2.24, 2.45) is 5.41 Å². The fourth-order valence-electron chi connectivity index (χ4n) is 1.13. The minimum atomic E-state index is -0.731. The number of hydrogen-bond donors (Lipinski definition) is 1. The summed E-state index contributed by atoms with van der Waals surface area (Å²) in [5, 5.41) is 9.71. The van der Waals surface area contributed by atoms with Gasteiger partial charge in [-0.25, -0.2) is 4.79 Å². The molecule has 0 aliphatic heterocycles. The zero-order valence-electron chi connectivity index (χ0n) is 10.2. The molecule has 1 N–H and O–H groups in total. The standard InChI is InChI=1S/C12H13Cl3O3/c1-12(2,3)5-18-11(17)8-6(13)4-7(14)9(15)10(8)16/h4,16H,5H2,1-3H3. The summed E-state index contributed by atoms with van der Waals surface area (Å²) in [5.74, 6) is -1.20. The first-order valence-electron chi connectivity index (χ1n) is 5.17. The van der Waals surface area contributed by atoms with Crippen LogP contribution in [0, 0.1) is 5.41 Å². The van der Waals surface area contributed by atoms with Gasteiger partial charge in [-0.15, -0.1) is 0 Å². The molecule has 0 bridgehead atoms. The number of ether oxygens (including phenoxy) is 1. The third-order valence-corrected chi connectivity index (χ3v) is 3.06. The zero-order chi connectivity index (χ0) is 14.1. The van der Waals surface area contributed by atoms with Crippen LogP contribution in [0.15, 0.2) is 6.07 Å². The van der Waals surface area contributed by atoms with Gasteiger partial charge in [0.1, 0.15) is 10.6 Å². The van der Waals surface area contributed by atoms with E-state index in [1.165, 1.54) is 6.07 Å². The maximum absolute atomic E-state index is 11.8. The van der Waals surface area contributed by atoms with Crippen molar-refractivity contribution < 1.29 is 14.6 Å². The molecule has 18 heavy (non-hydrogen) atoms. The predicted octanol–water partition coefficient (Wildman–Crippen LogP) is 4.56. The molecular formula is C12H13Cl3O3. The van der Waals surface area contributed by atoms with Crippen molar-refractivity contribution in [3.05, 3.63) is 26.7 Å². The van der Waals surface area contributed by atoms with Gasteiger partial charge in [-0.1, -0.05) is 55.6 Å². The summed E-state index contributed by atoms with van der Waals surface area (Å²) in [6.07, 6.45) is 0. The summed E-state index contributed by atoms with van der Waals surface area (Å²) in [7, 11) is 0. The number of phenols is 1. The molecule has 1 rings (SSSR count). The summed E-state index contributed by atoms with van der Waals surface area (Å²) < 4.78 is 5.06. The molecule has 1 aromatic carbocycles. The molecule has 0 amide bonds. The van der Waals surface area contributed by atoms with E-state index in [4.69, 9.17) is 39.5 Å². The largest absolute Gasteiger partial charge is 0.505 e. The average molecular weight is 312 g/mol. The van der Waals surface area contributed by atoms with E-state index in [-0.39, 0.29) is 32.7 Å². The molecule has 100 valence electrons. The molecule has 0 unspecified atom stereocenters. The lowest BCUT2D eigenvalue weighted by atomic mass is 9.99. The third-order valence-electron chi connectivity index (χ3n) is 1.99. The van der Waals surface area contributed by atoms with Gasteiger partial charge < -0.3 is 9.84 Å². The van der Waals surface area contributed by atoms with E-state index in [0.29, 0.717) is 0 Å². The quantitative estimate of drug-likeness (QED) is 0.643. The van der Waals surface area contributed by atoms with Gasteiger partial charge >= 0.3 is 5.97 Å². The Kier molecular flexibility index (Phi) is 4.76. The molecule has 0 spiro atoms. The van der Waals surface area contributed by atoms with Gasteiger partial charge in [-0.2, -0.15) is 0 Å². The van der Waals surface area contributed by atoms with Crippen LogP contribution in [0.3, 0.4) is 0 Å². The molecule has 0 heterocycles. The SMILES string of the molecule is CC(C)(C)COC(=O)c1c(Cl)cc(Cl)c(Cl)c1O. The number of benzene rings is 1. The summed E-state index contributed by atoms with van der Waals surface area (Å²) >= 11 is 17.3. The molecule has 0 saturated carbocycles. The van der Waals surface area contributed by atoms with E-state index in [1.807, 2.05) is 20.8 Å². The Hall–Kier alpha value is -0.640. The topological polar surface area (TPSA) is 46.5 Å². The lowest BCUT2D eigenvalue weighted by Gasteiger charge is -2.18. The Morgan fingerprint density at radius 2 is 1.83 bits per heavy atom. The number of carbonyl (C=O) groups is 1. The predicted molar refractivity (Wildman–Crippen MR) is 72.9 cm³/mol. The normalized spacial score (nSPS) is 11.4. The van der Waals surface area contributed by atoms with Crippen molar-refractivity contribution in [3.63, 3.8) is 0 Å². The lowest BCUT2D eigenvalue weighted by Crippen LogP contribution is -2.18. The second kappa shape index (κ2) is 5.55. The second-order valence-corrected chi connectivity index (χ2v) is 6.21. The van der Waals surface area contributed by atoms with Crippen molar-refractivity contribution in [2.45, 2.75) is 20.8 Å². The molecule has 0 aliphatic carbocycles. The van der Waals surface area contributed by atoms with E-state index in [9.17, 15) is 9.90 Å². The number of carbonyl (C=O) groups excluding carboxylic acids is 1. The van der Waals surface area contributed by atoms with E-state index in [2.05, 4.69) is 0 Å². The van der Waals surface area contributed by atoms with Crippen LogP contribution in [0.25, 0.3) is 0 Å². The third kappa shape index (κ3) is 3.67. The average Bonchev–Trinajstić information content (AvgIpc) is 2.22. The first-order valence-corrected chi connectivity index (χ1v) is 6.30. The maximum Gasteiger partial charge on any atom is 0.343 e. The van der Waals surface area contributed by atoms with E-state index >= 15 is 0 Å². The van der Waals surface area contributed by atoms with E-state index < -0.39 is 11.7 Å². The molecule has 0 fully saturated rings. The van der Waals surface area contributed by atoms with Crippen molar-refractivity contribution in [1.82, 2.24) is 0 Å². The molecule has 0 radical (unpaired) electrons. The zero-order valence-corrected chi connectivity index (χ0v) is 12.4. The fraction of sp³-hybridized carbons (Fsp3) is 0.417. The van der Waals surface area contributed by atoms with E-state index in [0.717, 1.165) is 0 Å². The number of esters is 1. The molecule has 0 atom stereocenters. The van der Waals surface area contributed by atoms with Gasteiger partial charge in [0.05, 0.1) is 16.7 Å². The molecular weight excluding hydrogens is 298 g/mol. The van der Waals surface area contributed by atoms with Crippen LogP contribution in [0.2, 0.25) is 15.1 Å². The molecule has 3 nitrogen and oxygen atoms in total. The molecule has 0 aromatic heterocycles. The monoisotopic (exact) mass is 310 g/mol. The first-order chi connectivity index (χ1) is 8.13. The maximum atomic E-state index is 11.8. The van der Waals surface area contributed by atoms with Crippen LogP contribution < -0.4 is 0 Å². The molecule has 6 heteroatoms. The Balaban J connectivity index is 3.04. The molecule has 0 aliphatic rings. The highest BCUT2D eigenvalue weighted by Gasteiger charge is 2.23. The van der Waals surface area contributed by atoms with Crippen molar-refractivity contribution in [1.29, 1.82) is 0 Å². The van der Waals surface area contributed by atoms with Crippen molar-refractivity contribution in [2.75, 3.05) is 6.61 Å². The molecule has 0 saturated heterocycles. The highest BCUT2D eigenvalue weighted by atomic mass is 35.5. The number of phenolic OH excluding ortho intramolecular Hbond substituents is 1. The lowest BCUT2D eigenvalue weighted by molar-refractivity contribution is 0.0364. The summed E-state index contributed by atoms with van der Waals surface area (Å²) in [6, 6.07) is 1.29. The summed E-state index contributed by atoms with van der Waals surface area (Å²) in [4.78, 5) is 11.8. The van der Waals surface area contributed by atoms with Crippen LogP contribution in [-0.4, -0.2) is 17.7 Å². The Labute approximate surface area is 121 Å². The van der Waals surface area contributed by atoms with Crippen LogP contribution in [0.5, 0.6) is 5.75 Å². The first kappa shape index (κ1) is 15.4. The highest BCUT2D eigenvalue weighted by Crippen LogP contribution is 2.39. The number of rotatable bonds is 2. The summed E-state index contributed by atoms with van der Waals surface area (Å²) in [6.45, 7) is 5.94. The highest BCUT2D eigenvalue weighted by molar-refractivity contribution is 6.45. The Bertz CT molecular complexity index is 478. The van der Waals surface area contributed by atoms with Gasteiger partial charge in [0.15, 0.2) is 5.75 Å². The smallest absolute Gasteiger partial charge is 0.343 e. The van der Waals surface area contributed by atoms with Gasteiger partial charge in [-0.3, -0.25) is 0 Å². The number of hydrogen-bond acceptors (Lipinski definition) is 3. The van der Waals surface area contributed by atoms with Crippen LogP contribution in [0.1, 0.15) is 31.1 Å².